The maximum Gasteiger partial charge on any atom is 0.146 e. The highest BCUT2D eigenvalue weighted by Gasteiger charge is 2.08. The molecule has 2 aromatic rings. The number of aryl methyl sites for hydroxylation is 1. The first kappa shape index (κ1) is 13.0. The minimum absolute atomic E-state index is 0.383. The topological polar surface area (TPSA) is 34.4 Å². The molecule has 0 fully saturated rings. The fourth-order valence-electron chi connectivity index (χ4n) is 1.71. The van der Waals surface area contributed by atoms with Crippen molar-refractivity contribution >= 4 is 11.6 Å². The Hall–Kier alpha value is -1.45. The molecule has 0 aliphatic heterocycles. The van der Waals surface area contributed by atoms with E-state index in [9.17, 15) is 0 Å². The predicted octanol–water partition coefficient (Wildman–Crippen LogP) is 3.54. The van der Waals surface area contributed by atoms with Gasteiger partial charge in [-0.15, -0.1) is 0 Å². The van der Waals surface area contributed by atoms with E-state index >= 15 is 0 Å². The summed E-state index contributed by atoms with van der Waals surface area (Å²) in [5, 5.41) is 3.67. The van der Waals surface area contributed by atoms with Gasteiger partial charge in [-0.2, -0.15) is 0 Å². The molecule has 0 aliphatic carbocycles. The van der Waals surface area contributed by atoms with E-state index in [4.69, 9.17) is 20.8 Å². The van der Waals surface area contributed by atoms with Crippen molar-refractivity contribution < 1.29 is 9.15 Å². The Bertz CT molecular complexity index is 522. The average Bonchev–Trinajstić information content (AvgIpc) is 2.70. The minimum Gasteiger partial charge on any atom is -0.484 e. The second kappa shape index (κ2) is 5.94. The molecule has 3 nitrogen and oxygen atoms in total. The molecule has 0 amide bonds. The molecule has 18 heavy (non-hydrogen) atoms. The van der Waals surface area contributed by atoms with Crippen LogP contribution in [0.15, 0.2) is 34.7 Å². The Morgan fingerprint density at radius 3 is 2.83 bits per heavy atom. The normalized spacial score (nSPS) is 10.6. The fourth-order valence-corrected chi connectivity index (χ4v) is 1.90. The molecule has 4 heteroatoms. The smallest absolute Gasteiger partial charge is 0.146 e. The van der Waals surface area contributed by atoms with Crippen molar-refractivity contribution in [1.29, 1.82) is 0 Å². The first-order valence-electron chi connectivity index (χ1n) is 5.81. The molecule has 0 unspecified atom stereocenters. The Morgan fingerprint density at radius 1 is 1.33 bits per heavy atom. The molecule has 0 atom stereocenters. The second-order valence-electron chi connectivity index (χ2n) is 4.07. The summed E-state index contributed by atoms with van der Waals surface area (Å²) in [6.07, 6.45) is 0. The van der Waals surface area contributed by atoms with E-state index in [0.29, 0.717) is 17.4 Å². The Balaban J connectivity index is 2.02. The number of ether oxygens (including phenoxy) is 1. The molecule has 1 heterocycles. The first-order valence-corrected chi connectivity index (χ1v) is 6.18. The van der Waals surface area contributed by atoms with Crippen molar-refractivity contribution in [3.05, 3.63) is 52.4 Å². The summed E-state index contributed by atoms with van der Waals surface area (Å²) in [6.45, 7) is 3.13. The lowest BCUT2D eigenvalue weighted by Gasteiger charge is -2.05. The number of nitrogens with one attached hydrogen (secondary N) is 1. The maximum atomic E-state index is 6.01. The molecule has 1 aromatic heterocycles. The lowest BCUT2D eigenvalue weighted by molar-refractivity contribution is 0.265. The molecule has 0 radical (unpaired) electrons. The summed E-state index contributed by atoms with van der Waals surface area (Å²) < 4.78 is 11.3. The summed E-state index contributed by atoms with van der Waals surface area (Å²) in [6, 6.07) is 9.39. The van der Waals surface area contributed by atoms with Gasteiger partial charge in [0.2, 0.25) is 0 Å². The molecule has 0 bridgehead atoms. The summed E-state index contributed by atoms with van der Waals surface area (Å²) in [5.41, 5.74) is 1.13. The van der Waals surface area contributed by atoms with E-state index < -0.39 is 0 Å². The minimum atomic E-state index is 0.383. The summed E-state index contributed by atoms with van der Waals surface area (Å²) in [5.74, 6) is 2.41. The SMILES string of the molecule is CNCc1oc(COc2ccccc2Cl)cc1C. The summed E-state index contributed by atoms with van der Waals surface area (Å²) in [4.78, 5) is 0. The van der Waals surface area contributed by atoms with Crippen LogP contribution >= 0.6 is 11.6 Å². The zero-order valence-corrected chi connectivity index (χ0v) is 11.3. The molecule has 1 N–H and O–H groups in total. The number of hydrogen-bond acceptors (Lipinski definition) is 3. The van der Waals surface area contributed by atoms with Crippen LogP contribution in [0.2, 0.25) is 5.02 Å². The standard InChI is InChI=1S/C14H16ClNO2/c1-10-7-11(18-14(10)8-16-2)9-17-13-6-4-3-5-12(13)15/h3-7,16H,8-9H2,1-2H3. The van der Waals surface area contributed by atoms with Crippen molar-refractivity contribution in [2.45, 2.75) is 20.1 Å². The van der Waals surface area contributed by atoms with Crippen LogP contribution < -0.4 is 10.1 Å². The second-order valence-corrected chi connectivity index (χ2v) is 4.48. The highest BCUT2D eigenvalue weighted by molar-refractivity contribution is 6.32. The predicted molar refractivity (Wildman–Crippen MR) is 72.0 cm³/mol. The van der Waals surface area contributed by atoms with E-state index in [1.807, 2.05) is 38.2 Å². The average molecular weight is 266 g/mol. The quantitative estimate of drug-likeness (QED) is 0.898. The highest BCUT2D eigenvalue weighted by Crippen LogP contribution is 2.24. The van der Waals surface area contributed by atoms with Gasteiger partial charge in [0.25, 0.3) is 0 Å². The van der Waals surface area contributed by atoms with Gasteiger partial charge in [0.05, 0.1) is 11.6 Å². The van der Waals surface area contributed by atoms with Crippen molar-refractivity contribution in [3.8, 4) is 5.75 Å². The van der Waals surface area contributed by atoms with Crippen molar-refractivity contribution in [3.63, 3.8) is 0 Å². The number of halogens is 1. The molecule has 0 saturated carbocycles. The monoisotopic (exact) mass is 265 g/mol. The lowest BCUT2D eigenvalue weighted by Crippen LogP contribution is -2.04. The van der Waals surface area contributed by atoms with E-state index in [1.165, 1.54) is 0 Å². The molecule has 1 aromatic carbocycles. The van der Waals surface area contributed by atoms with Crippen LogP contribution in [0, 0.1) is 6.92 Å². The summed E-state index contributed by atoms with van der Waals surface area (Å²) >= 11 is 6.01. The van der Waals surface area contributed by atoms with Gasteiger partial charge in [-0.1, -0.05) is 23.7 Å². The Morgan fingerprint density at radius 2 is 2.11 bits per heavy atom. The van der Waals surface area contributed by atoms with Gasteiger partial charge in [-0.25, -0.2) is 0 Å². The van der Waals surface area contributed by atoms with Gasteiger partial charge < -0.3 is 14.5 Å². The molecular formula is C14H16ClNO2. The van der Waals surface area contributed by atoms with Crippen molar-refractivity contribution in [2.75, 3.05) is 7.05 Å². The number of furan rings is 1. The lowest BCUT2D eigenvalue weighted by atomic mass is 10.2. The Labute approximate surface area is 112 Å². The molecule has 0 saturated heterocycles. The number of hydrogen-bond donors (Lipinski definition) is 1. The zero-order chi connectivity index (χ0) is 13.0. The third-order valence-corrected chi connectivity index (χ3v) is 2.93. The van der Waals surface area contributed by atoms with Crippen LogP contribution in [-0.4, -0.2) is 7.05 Å². The number of benzene rings is 1. The van der Waals surface area contributed by atoms with Crippen molar-refractivity contribution in [2.24, 2.45) is 0 Å². The van der Waals surface area contributed by atoms with E-state index in [1.54, 1.807) is 6.07 Å². The van der Waals surface area contributed by atoms with E-state index in [-0.39, 0.29) is 0 Å². The van der Waals surface area contributed by atoms with Crippen LogP contribution in [0.1, 0.15) is 17.1 Å². The molecule has 0 spiro atoms. The van der Waals surface area contributed by atoms with Gasteiger partial charge in [0.15, 0.2) is 0 Å². The first-order chi connectivity index (χ1) is 8.70. The van der Waals surface area contributed by atoms with Gasteiger partial charge in [0, 0.05) is 0 Å². The Kier molecular flexibility index (Phi) is 4.28. The van der Waals surface area contributed by atoms with E-state index in [0.717, 1.165) is 23.6 Å². The fraction of sp³-hybridized carbons (Fsp3) is 0.286. The van der Waals surface area contributed by atoms with Crippen LogP contribution in [0.3, 0.4) is 0 Å². The van der Waals surface area contributed by atoms with Gasteiger partial charge in [-0.3, -0.25) is 0 Å². The van der Waals surface area contributed by atoms with Crippen molar-refractivity contribution in [1.82, 2.24) is 5.32 Å². The third kappa shape index (κ3) is 3.06. The zero-order valence-electron chi connectivity index (χ0n) is 10.5. The highest BCUT2D eigenvalue weighted by atomic mass is 35.5. The molecule has 2 rings (SSSR count). The van der Waals surface area contributed by atoms with Gasteiger partial charge >= 0.3 is 0 Å². The van der Waals surface area contributed by atoms with Gasteiger partial charge in [0.1, 0.15) is 23.9 Å². The van der Waals surface area contributed by atoms with Gasteiger partial charge in [-0.05, 0) is 37.7 Å². The van der Waals surface area contributed by atoms with Crippen LogP contribution in [-0.2, 0) is 13.2 Å². The van der Waals surface area contributed by atoms with Crippen LogP contribution in [0.25, 0.3) is 0 Å². The largest absolute Gasteiger partial charge is 0.484 e. The van der Waals surface area contributed by atoms with Crippen LogP contribution in [0.5, 0.6) is 5.75 Å². The number of para-hydroxylation sites is 1. The number of rotatable bonds is 5. The maximum absolute atomic E-state index is 6.01. The van der Waals surface area contributed by atoms with E-state index in [2.05, 4.69) is 5.32 Å². The van der Waals surface area contributed by atoms with Crippen LogP contribution in [0.4, 0.5) is 0 Å². The molecule has 0 aliphatic rings. The molecular weight excluding hydrogens is 250 g/mol. The summed E-state index contributed by atoms with van der Waals surface area (Å²) in [7, 11) is 1.89. The molecule has 96 valence electrons. The third-order valence-electron chi connectivity index (χ3n) is 2.62.